The van der Waals surface area contributed by atoms with Gasteiger partial charge >= 0.3 is 0 Å². The van der Waals surface area contributed by atoms with Crippen LogP contribution >= 0.6 is 11.8 Å². The highest BCUT2D eigenvalue weighted by Gasteiger charge is 2.38. The number of carbonyl (C=O) groups is 2. The quantitative estimate of drug-likeness (QED) is 0.446. The van der Waals surface area contributed by atoms with Gasteiger partial charge in [0.1, 0.15) is 11.5 Å². The molecule has 7 heteroatoms. The van der Waals surface area contributed by atoms with Crippen molar-refractivity contribution in [2.45, 2.75) is 19.1 Å². The van der Waals surface area contributed by atoms with Gasteiger partial charge in [-0.15, -0.1) is 11.8 Å². The van der Waals surface area contributed by atoms with Gasteiger partial charge in [-0.3, -0.25) is 14.5 Å². The average molecular weight is 401 g/mol. The molecular weight excluding hydrogens is 378 g/mol. The Morgan fingerprint density at radius 2 is 1.89 bits per heavy atom. The molecule has 2 aromatic rings. The largest absolute Gasteiger partial charge is 0.497 e. The van der Waals surface area contributed by atoms with Gasteiger partial charge in [-0.1, -0.05) is 12.1 Å². The molecule has 0 spiro atoms. The summed E-state index contributed by atoms with van der Waals surface area (Å²) in [6.45, 7) is 3.38. The summed E-state index contributed by atoms with van der Waals surface area (Å²) in [7, 11) is 1.59. The van der Waals surface area contributed by atoms with Crippen molar-refractivity contribution in [3.8, 4) is 5.75 Å². The zero-order valence-corrected chi connectivity index (χ0v) is 16.8. The number of furan rings is 1. The maximum absolute atomic E-state index is 13.0. The maximum Gasteiger partial charge on any atom is 0.267 e. The number of methoxy groups -OCH3 is 1. The lowest BCUT2D eigenvalue weighted by Crippen LogP contribution is -2.33. The monoisotopic (exact) mass is 401 g/mol. The Morgan fingerprint density at radius 3 is 2.54 bits per heavy atom. The van der Waals surface area contributed by atoms with Gasteiger partial charge in [0.25, 0.3) is 11.8 Å². The first-order valence-corrected chi connectivity index (χ1v) is 10.1. The highest BCUT2D eigenvalue weighted by Crippen LogP contribution is 2.38. The van der Waals surface area contributed by atoms with Crippen LogP contribution in [-0.2, 0) is 20.1 Å². The second kappa shape index (κ2) is 9.61. The molecule has 2 amide bonds. The topological polar surface area (TPSA) is 69.0 Å². The Hall–Kier alpha value is -2.51. The molecule has 1 aliphatic rings. The number of carbonyl (C=O) groups excluding carboxylic acids is 2. The Bertz CT molecular complexity index is 842. The molecule has 28 heavy (non-hydrogen) atoms. The molecule has 1 aliphatic heterocycles. The van der Waals surface area contributed by atoms with Crippen LogP contribution in [0.2, 0.25) is 0 Å². The van der Waals surface area contributed by atoms with Gasteiger partial charge in [0.2, 0.25) is 0 Å². The number of thioether (sulfide) groups is 1. The summed E-state index contributed by atoms with van der Waals surface area (Å²) >= 11 is 1.33. The number of ether oxygens (including phenoxy) is 2. The van der Waals surface area contributed by atoms with Crippen molar-refractivity contribution in [2.24, 2.45) is 0 Å². The van der Waals surface area contributed by atoms with E-state index in [4.69, 9.17) is 13.9 Å². The van der Waals surface area contributed by atoms with Gasteiger partial charge in [-0.05, 0) is 43.2 Å². The average Bonchev–Trinajstić information content (AvgIpc) is 3.31. The fourth-order valence-corrected chi connectivity index (χ4v) is 3.94. The standard InChI is InChI=1S/C21H23NO5S/c1-3-26-12-5-11-22-20(23)18(15-7-9-16(25-2)10-8-15)19(21(22)24)28-14-17-6-4-13-27-17/h4,6-10,13H,3,5,11-12,14H2,1-2H3. The van der Waals surface area contributed by atoms with Crippen molar-refractivity contribution in [1.82, 2.24) is 4.90 Å². The van der Waals surface area contributed by atoms with Crippen LogP contribution in [0.3, 0.4) is 0 Å². The van der Waals surface area contributed by atoms with Crippen LogP contribution in [-0.4, -0.2) is 43.6 Å². The highest BCUT2D eigenvalue weighted by molar-refractivity contribution is 8.03. The van der Waals surface area contributed by atoms with Gasteiger partial charge in [0.15, 0.2) is 0 Å². The first-order chi connectivity index (χ1) is 13.7. The molecule has 0 radical (unpaired) electrons. The summed E-state index contributed by atoms with van der Waals surface area (Å²) in [5, 5.41) is 0. The highest BCUT2D eigenvalue weighted by atomic mass is 32.2. The van der Waals surface area contributed by atoms with Crippen LogP contribution in [0.4, 0.5) is 0 Å². The van der Waals surface area contributed by atoms with E-state index in [0.29, 0.717) is 53.7 Å². The Morgan fingerprint density at radius 1 is 1.11 bits per heavy atom. The molecule has 0 N–H and O–H groups in total. The number of hydrogen-bond acceptors (Lipinski definition) is 6. The molecule has 0 fully saturated rings. The molecule has 1 aromatic carbocycles. The Balaban J connectivity index is 1.85. The van der Waals surface area contributed by atoms with E-state index in [2.05, 4.69) is 0 Å². The fraction of sp³-hybridized carbons (Fsp3) is 0.333. The van der Waals surface area contributed by atoms with Gasteiger partial charge in [0, 0.05) is 19.8 Å². The van der Waals surface area contributed by atoms with Crippen molar-refractivity contribution in [3.05, 3.63) is 58.9 Å². The van der Waals surface area contributed by atoms with Crippen molar-refractivity contribution in [2.75, 3.05) is 26.9 Å². The lowest BCUT2D eigenvalue weighted by atomic mass is 10.1. The third-order valence-electron chi connectivity index (χ3n) is 4.32. The summed E-state index contributed by atoms with van der Waals surface area (Å²) < 4.78 is 15.9. The van der Waals surface area contributed by atoms with Crippen LogP contribution in [0.25, 0.3) is 5.57 Å². The molecule has 2 heterocycles. The first-order valence-electron chi connectivity index (χ1n) is 9.13. The molecule has 0 saturated carbocycles. The second-order valence-corrected chi connectivity index (χ2v) is 7.10. The van der Waals surface area contributed by atoms with Crippen LogP contribution in [0.1, 0.15) is 24.7 Å². The molecular formula is C21H23NO5S. The second-order valence-electron chi connectivity index (χ2n) is 6.11. The van der Waals surface area contributed by atoms with Crippen LogP contribution in [0.15, 0.2) is 52.0 Å². The van der Waals surface area contributed by atoms with E-state index < -0.39 is 0 Å². The number of nitrogens with zero attached hydrogens (tertiary/aromatic N) is 1. The minimum absolute atomic E-state index is 0.260. The van der Waals surface area contributed by atoms with E-state index in [9.17, 15) is 9.59 Å². The zero-order valence-electron chi connectivity index (χ0n) is 16.0. The Labute approximate surface area is 168 Å². The minimum atomic E-state index is -0.270. The summed E-state index contributed by atoms with van der Waals surface area (Å²) in [6.07, 6.45) is 2.20. The molecule has 0 atom stereocenters. The summed E-state index contributed by atoms with van der Waals surface area (Å²) in [5.74, 6) is 1.40. The smallest absolute Gasteiger partial charge is 0.267 e. The van der Waals surface area contributed by atoms with Crippen molar-refractivity contribution < 1.29 is 23.5 Å². The normalized spacial score (nSPS) is 14.3. The molecule has 0 bridgehead atoms. The minimum Gasteiger partial charge on any atom is -0.497 e. The number of amides is 2. The van der Waals surface area contributed by atoms with Crippen LogP contribution < -0.4 is 4.74 Å². The molecule has 0 saturated heterocycles. The SMILES string of the molecule is CCOCCCN1C(=O)C(SCc2ccco2)=C(c2ccc(OC)cc2)C1=O. The maximum atomic E-state index is 13.0. The van der Waals surface area contributed by atoms with E-state index in [1.807, 2.05) is 13.0 Å². The van der Waals surface area contributed by atoms with E-state index >= 15 is 0 Å². The fourth-order valence-electron chi connectivity index (χ4n) is 2.91. The molecule has 6 nitrogen and oxygen atoms in total. The van der Waals surface area contributed by atoms with Crippen molar-refractivity contribution in [3.63, 3.8) is 0 Å². The van der Waals surface area contributed by atoms with E-state index in [-0.39, 0.29) is 11.8 Å². The van der Waals surface area contributed by atoms with E-state index in [0.717, 1.165) is 5.76 Å². The van der Waals surface area contributed by atoms with Crippen molar-refractivity contribution in [1.29, 1.82) is 0 Å². The Kier molecular flexibility index (Phi) is 6.95. The lowest BCUT2D eigenvalue weighted by Gasteiger charge is -2.15. The third-order valence-corrected chi connectivity index (χ3v) is 5.41. The third kappa shape index (κ3) is 4.48. The summed E-state index contributed by atoms with van der Waals surface area (Å²) in [5.41, 5.74) is 1.13. The number of benzene rings is 1. The predicted octanol–water partition coefficient (Wildman–Crippen LogP) is 3.73. The zero-order chi connectivity index (χ0) is 19.9. The summed E-state index contributed by atoms with van der Waals surface area (Å²) in [6, 6.07) is 10.8. The molecule has 0 aliphatic carbocycles. The van der Waals surface area contributed by atoms with Crippen LogP contribution in [0.5, 0.6) is 5.75 Å². The van der Waals surface area contributed by atoms with E-state index in [1.165, 1.54) is 16.7 Å². The summed E-state index contributed by atoms with van der Waals surface area (Å²) in [4.78, 5) is 27.8. The van der Waals surface area contributed by atoms with Crippen LogP contribution in [0, 0.1) is 0 Å². The van der Waals surface area contributed by atoms with Gasteiger partial charge in [-0.25, -0.2) is 0 Å². The molecule has 3 rings (SSSR count). The lowest BCUT2D eigenvalue weighted by molar-refractivity contribution is -0.136. The molecule has 0 unspecified atom stereocenters. The van der Waals surface area contributed by atoms with Gasteiger partial charge in [-0.2, -0.15) is 0 Å². The molecule has 148 valence electrons. The van der Waals surface area contributed by atoms with E-state index in [1.54, 1.807) is 43.7 Å². The van der Waals surface area contributed by atoms with Crippen molar-refractivity contribution >= 4 is 29.1 Å². The first kappa shape index (κ1) is 20.2. The number of imide groups is 1. The van der Waals surface area contributed by atoms with Gasteiger partial charge in [0.05, 0.1) is 29.6 Å². The van der Waals surface area contributed by atoms with Gasteiger partial charge < -0.3 is 13.9 Å². The molecule has 1 aromatic heterocycles. The number of rotatable bonds is 10. The predicted molar refractivity (Wildman–Crippen MR) is 108 cm³/mol. The number of hydrogen-bond donors (Lipinski definition) is 0.